The average molecular weight is 326 g/mol. The van der Waals surface area contributed by atoms with E-state index >= 15 is 0 Å². The summed E-state index contributed by atoms with van der Waals surface area (Å²) in [6, 6.07) is 13.7. The van der Waals surface area contributed by atoms with Gasteiger partial charge in [0.2, 0.25) is 0 Å². The Morgan fingerprint density at radius 3 is 2.10 bits per heavy atom. The Morgan fingerprint density at radius 1 is 0.905 bits per heavy atom. The van der Waals surface area contributed by atoms with E-state index in [0.29, 0.717) is 21.5 Å². The third kappa shape index (κ3) is 5.53. The van der Waals surface area contributed by atoms with Crippen molar-refractivity contribution in [2.75, 3.05) is 18.5 Å². The Balaban J connectivity index is 1.67. The van der Waals surface area contributed by atoms with Gasteiger partial charge in [-0.2, -0.15) is 0 Å². The number of ether oxygens (including phenoxy) is 2. The minimum absolute atomic E-state index is 0.141. The molecule has 1 N–H and O–H groups in total. The lowest BCUT2D eigenvalue weighted by Crippen LogP contribution is -2.17. The van der Waals surface area contributed by atoms with E-state index in [-0.39, 0.29) is 13.2 Å². The zero-order valence-corrected chi connectivity index (χ0v) is 12.5. The number of carbonyl (C=O) groups excluding carboxylic acids is 1. The van der Waals surface area contributed by atoms with Crippen LogP contribution in [0.3, 0.4) is 0 Å². The molecule has 0 aromatic heterocycles. The molecule has 0 aliphatic heterocycles. The van der Waals surface area contributed by atoms with Gasteiger partial charge in [0.05, 0.1) is 0 Å². The Bertz CT molecular complexity index is 585. The van der Waals surface area contributed by atoms with Crippen molar-refractivity contribution in [3.63, 3.8) is 0 Å². The Morgan fingerprint density at radius 2 is 1.48 bits per heavy atom. The van der Waals surface area contributed by atoms with E-state index in [4.69, 9.17) is 32.7 Å². The molecule has 6 heteroatoms. The summed E-state index contributed by atoms with van der Waals surface area (Å²) in [5.41, 5.74) is 0.614. The van der Waals surface area contributed by atoms with Gasteiger partial charge in [0.25, 0.3) is 0 Å². The summed E-state index contributed by atoms with van der Waals surface area (Å²) >= 11 is 11.5. The van der Waals surface area contributed by atoms with Crippen LogP contribution in [0.4, 0.5) is 10.5 Å². The first-order valence-corrected chi connectivity index (χ1v) is 6.97. The van der Waals surface area contributed by atoms with Crippen LogP contribution < -0.4 is 10.1 Å². The van der Waals surface area contributed by atoms with Crippen LogP contribution in [0.2, 0.25) is 10.0 Å². The van der Waals surface area contributed by atoms with E-state index in [2.05, 4.69) is 5.32 Å². The van der Waals surface area contributed by atoms with Crippen molar-refractivity contribution >= 4 is 35.0 Å². The molecule has 1 amide bonds. The molecule has 2 aromatic carbocycles. The molecule has 0 spiro atoms. The lowest BCUT2D eigenvalue weighted by Gasteiger charge is -2.08. The van der Waals surface area contributed by atoms with Crippen molar-refractivity contribution < 1.29 is 14.3 Å². The number of benzene rings is 2. The minimum atomic E-state index is -0.544. The molecule has 21 heavy (non-hydrogen) atoms. The predicted molar refractivity (Wildman–Crippen MR) is 83.4 cm³/mol. The molecule has 0 aliphatic carbocycles. The van der Waals surface area contributed by atoms with Gasteiger partial charge in [-0.1, -0.05) is 23.2 Å². The highest BCUT2D eigenvalue weighted by Gasteiger charge is 2.03. The quantitative estimate of drug-likeness (QED) is 0.816. The Labute approximate surface area is 132 Å². The monoisotopic (exact) mass is 325 g/mol. The molecule has 0 saturated carbocycles. The normalized spacial score (nSPS) is 10.0. The Hall–Kier alpha value is -1.91. The highest BCUT2D eigenvalue weighted by Crippen LogP contribution is 2.15. The third-order valence-electron chi connectivity index (χ3n) is 2.49. The lowest BCUT2D eigenvalue weighted by molar-refractivity contribution is 0.138. The van der Waals surface area contributed by atoms with Gasteiger partial charge in [0.1, 0.15) is 19.0 Å². The summed E-state index contributed by atoms with van der Waals surface area (Å²) in [5.74, 6) is 0.668. The fourth-order valence-corrected chi connectivity index (χ4v) is 1.76. The maximum absolute atomic E-state index is 11.5. The van der Waals surface area contributed by atoms with Crippen LogP contribution in [0, 0.1) is 0 Å². The van der Waals surface area contributed by atoms with Crippen LogP contribution in [-0.2, 0) is 4.74 Å². The molecule has 110 valence electrons. The van der Waals surface area contributed by atoms with Crippen LogP contribution in [0.1, 0.15) is 0 Å². The first-order valence-electron chi connectivity index (χ1n) is 6.21. The topological polar surface area (TPSA) is 47.6 Å². The smallest absolute Gasteiger partial charge is 0.411 e. The van der Waals surface area contributed by atoms with Gasteiger partial charge in [-0.25, -0.2) is 4.79 Å². The molecule has 0 heterocycles. The largest absolute Gasteiger partial charge is 0.490 e. The summed E-state index contributed by atoms with van der Waals surface area (Å²) in [5, 5.41) is 3.82. The van der Waals surface area contributed by atoms with Crippen molar-refractivity contribution in [1.29, 1.82) is 0 Å². The van der Waals surface area contributed by atoms with Crippen molar-refractivity contribution in [3.05, 3.63) is 58.6 Å². The molecule has 0 saturated heterocycles. The summed E-state index contributed by atoms with van der Waals surface area (Å²) in [6.45, 7) is 0.401. The third-order valence-corrected chi connectivity index (χ3v) is 2.99. The number of hydrogen-bond acceptors (Lipinski definition) is 3. The molecular weight excluding hydrogens is 313 g/mol. The highest BCUT2D eigenvalue weighted by atomic mass is 35.5. The SMILES string of the molecule is O=C(Nc1ccc(Cl)cc1)OCCOc1ccc(Cl)cc1. The number of anilines is 1. The highest BCUT2D eigenvalue weighted by molar-refractivity contribution is 6.30. The van der Waals surface area contributed by atoms with Gasteiger partial charge < -0.3 is 9.47 Å². The first-order chi connectivity index (χ1) is 10.1. The van der Waals surface area contributed by atoms with Crippen molar-refractivity contribution in [3.8, 4) is 5.75 Å². The maximum Gasteiger partial charge on any atom is 0.411 e. The number of rotatable bonds is 5. The summed E-state index contributed by atoms with van der Waals surface area (Å²) in [7, 11) is 0. The second-order valence-corrected chi connectivity index (χ2v) is 4.94. The van der Waals surface area contributed by atoms with Crippen LogP contribution in [0.15, 0.2) is 48.5 Å². The number of carbonyl (C=O) groups is 1. The van der Waals surface area contributed by atoms with Crippen molar-refractivity contribution in [2.24, 2.45) is 0 Å². The number of halogens is 2. The van der Waals surface area contributed by atoms with E-state index in [1.165, 1.54) is 0 Å². The number of hydrogen-bond donors (Lipinski definition) is 1. The van der Waals surface area contributed by atoms with Gasteiger partial charge in [-0.05, 0) is 48.5 Å². The second kappa shape index (κ2) is 7.76. The number of amides is 1. The first kappa shape index (κ1) is 15.5. The predicted octanol–water partition coefficient (Wildman–Crippen LogP) is 4.62. The van der Waals surface area contributed by atoms with Gasteiger partial charge >= 0.3 is 6.09 Å². The Kier molecular flexibility index (Phi) is 5.72. The van der Waals surface area contributed by atoms with Crippen LogP contribution in [0.5, 0.6) is 5.75 Å². The standard InChI is InChI=1S/C15H13Cl2NO3/c16-11-1-5-13(6-2-11)18-15(19)21-10-9-20-14-7-3-12(17)4-8-14/h1-8H,9-10H2,(H,18,19). The van der Waals surface area contributed by atoms with E-state index in [1.54, 1.807) is 48.5 Å². The maximum atomic E-state index is 11.5. The van der Waals surface area contributed by atoms with Gasteiger partial charge in [0, 0.05) is 15.7 Å². The molecule has 0 fully saturated rings. The fourth-order valence-electron chi connectivity index (χ4n) is 1.51. The van der Waals surface area contributed by atoms with E-state index in [9.17, 15) is 4.79 Å². The molecule has 0 aliphatic rings. The molecule has 0 unspecified atom stereocenters. The lowest BCUT2D eigenvalue weighted by atomic mass is 10.3. The molecule has 0 bridgehead atoms. The van der Waals surface area contributed by atoms with Crippen molar-refractivity contribution in [1.82, 2.24) is 0 Å². The molecular formula is C15H13Cl2NO3. The second-order valence-electron chi connectivity index (χ2n) is 4.07. The van der Waals surface area contributed by atoms with Gasteiger partial charge in [-0.3, -0.25) is 5.32 Å². The zero-order valence-electron chi connectivity index (χ0n) is 11.0. The molecule has 4 nitrogen and oxygen atoms in total. The van der Waals surface area contributed by atoms with E-state index in [1.807, 2.05) is 0 Å². The minimum Gasteiger partial charge on any atom is -0.490 e. The van der Waals surface area contributed by atoms with Crippen LogP contribution in [-0.4, -0.2) is 19.3 Å². The molecule has 0 atom stereocenters. The van der Waals surface area contributed by atoms with Gasteiger partial charge in [0.15, 0.2) is 0 Å². The fraction of sp³-hybridized carbons (Fsp3) is 0.133. The molecule has 2 rings (SSSR count). The van der Waals surface area contributed by atoms with E-state index in [0.717, 1.165) is 0 Å². The molecule has 2 aromatic rings. The number of nitrogens with one attached hydrogen (secondary N) is 1. The zero-order chi connectivity index (χ0) is 15.1. The average Bonchev–Trinajstić information content (AvgIpc) is 2.48. The van der Waals surface area contributed by atoms with E-state index < -0.39 is 6.09 Å². The summed E-state index contributed by atoms with van der Waals surface area (Å²) in [4.78, 5) is 11.5. The molecule has 0 radical (unpaired) electrons. The van der Waals surface area contributed by atoms with Crippen LogP contribution in [0.25, 0.3) is 0 Å². The van der Waals surface area contributed by atoms with Crippen LogP contribution >= 0.6 is 23.2 Å². The van der Waals surface area contributed by atoms with Gasteiger partial charge in [-0.15, -0.1) is 0 Å². The summed E-state index contributed by atoms with van der Waals surface area (Å²) < 4.78 is 10.4. The summed E-state index contributed by atoms with van der Waals surface area (Å²) in [6.07, 6.45) is -0.544. The van der Waals surface area contributed by atoms with Crippen molar-refractivity contribution in [2.45, 2.75) is 0 Å².